The van der Waals surface area contributed by atoms with Crippen LogP contribution in [0.2, 0.25) is 0 Å². The molecule has 0 bridgehead atoms. The highest BCUT2D eigenvalue weighted by molar-refractivity contribution is 5.76. The average Bonchev–Trinajstić information content (AvgIpc) is 2.97. The maximum atomic E-state index is 11.8. The van der Waals surface area contributed by atoms with Crippen LogP contribution in [0.25, 0.3) is 0 Å². The number of likely N-dealkylation sites (tertiary alicyclic amines) is 1. The highest BCUT2D eigenvalue weighted by Crippen LogP contribution is 2.24. The summed E-state index contributed by atoms with van der Waals surface area (Å²) in [5, 5.41) is 0. The first-order valence-corrected chi connectivity index (χ1v) is 5.74. The molecule has 94 valence electrons. The van der Waals surface area contributed by atoms with E-state index in [1.165, 1.54) is 0 Å². The monoisotopic (exact) mass is 238 g/mol. The van der Waals surface area contributed by atoms with E-state index < -0.39 is 0 Å². The Morgan fingerprint density at radius 1 is 1.59 bits per heavy atom. The summed E-state index contributed by atoms with van der Waals surface area (Å²) >= 11 is 0. The second-order valence-corrected chi connectivity index (χ2v) is 4.19. The summed E-state index contributed by atoms with van der Waals surface area (Å²) in [6, 6.07) is 0.143. The number of carbonyl (C=O) groups excluding carboxylic acids is 1. The first-order valence-electron chi connectivity index (χ1n) is 5.74. The van der Waals surface area contributed by atoms with Crippen molar-refractivity contribution >= 4 is 5.91 Å². The minimum absolute atomic E-state index is 0.0194. The lowest BCUT2D eigenvalue weighted by Crippen LogP contribution is -2.31. The molecule has 0 saturated carbocycles. The lowest BCUT2D eigenvalue weighted by molar-refractivity contribution is -0.130. The van der Waals surface area contributed by atoms with Crippen LogP contribution in [0.15, 0.2) is 18.7 Å². The van der Waals surface area contributed by atoms with Crippen molar-refractivity contribution in [2.24, 2.45) is 5.73 Å². The smallest absolute Gasteiger partial charge is 0.224 e. The van der Waals surface area contributed by atoms with Gasteiger partial charge in [0.1, 0.15) is 0 Å². The van der Waals surface area contributed by atoms with E-state index in [1.54, 1.807) is 19.6 Å². The normalized spacial score (nSPS) is 24.2. The summed E-state index contributed by atoms with van der Waals surface area (Å²) in [5.74, 6) is 0.0946. The Labute approximate surface area is 100 Å². The van der Waals surface area contributed by atoms with Crippen molar-refractivity contribution < 1.29 is 9.53 Å². The fraction of sp³-hybridized carbons (Fsp3) is 0.636. The number of ether oxygens (including phenoxy) is 1. The van der Waals surface area contributed by atoms with E-state index in [2.05, 4.69) is 4.98 Å². The molecule has 2 N–H and O–H groups in total. The van der Waals surface area contributed by atoms with Gasteiger partial charge in [0, 0.05) is 45.6 Å². The fourth-order valence-electron chi connectivity index (χ4n) is 2.23. The molecule has 2 atom stereocenters. The highest BCUT2D eigenvalue weighted by atomic mass is 16.5. The van der Waals surface area contributed by atoms with Crippen molar-refractivity contribution in [3.8, 4) is 0 Å². The second kappa shape index (κ2) is 5.29. The van der Waals surface area contributed by atoms with Gasteiger partial charge in [-0.2, -0.15) is 0 Å². The SMILES string of the molecule is CO[C@@H]1CN(C(=O)CCN)C[C@@H]1n1ccnc1. The maximum absolute atomic E-state index is 11.8. The molecule has 17 heavy (non-hydrogen) atoms. The van der Waals surface area contributed by atoms with Gasteiger partial charge in [-0.15, -0.1) is 0 Å². The predicted octanol–water partition coefficient (Wildman–Crippen LogP) is -0.370. The first-order chi connectivity index (χ1) is 8.26. The van der Waals surface area contributed by atoms with Gasteiger partial charge in [-0.3, -0.25) is 4.79 Å². The van der Waals surface area contributed by atoms with E-state index in [1.807, 2.05) is 15.7 Å². The molecule has 0 radical (unpaired) electrons. The van der Waals surface area contributed by atoms with Crippen LogP contribution in [0.3, 0.4) is 0 Å². The van der Waals surface area contributed by atoms with Crippen LogP contribution >= 0.6 is 0 Å². The third-order valence-corrected chi connectivity index (χ3v) is 3.16. The largest absolute Gasteiger partial charge is 0.377 e. The third kappa shape index (κ3) is 2.48. The maximum Gasteiger partial charge on any atom is 0.224 e. The molecule has 0 spiro atoms. The van der Waals surface area contributed by atoms with Gasteiger partial charge in [0.05, 0.1) is 18.5 Å². The Morgan fingerprint density at radius 3 is 3.00 bits per heavy atom. The van der Waals surface area contributed by atoms with Crippen LogP contribution in [0.5, 0.6) is 0 Å². The predicted molar refractivity (Wildman–Crippen MR) is 62.3 cm³/mol. The molecule has 1 fully saturated rings. The van der Waals surface area contributed by atoms with Gasteiger partial charge in [-0.25, -0.2) is 4.98 Å². The van der Waals surface area contributed by atoms with Crippen LogP contribution < -0.4 is 5.73 Å². The number of rotatable bonds is 4. The molecule has 6 heteroatoms. The van der Waals surface area contributed by atoms with Crippen molar-refractivity contribution in [2.75, 3.05) is 26.7 Å². The molecule has 1 aromatic heterocycles. The Morgan fingerprint density at radius 2 is 2.41 bits per heavy atom. The van der Waals surface area contributed by atoms with Crippen molar-refractivity contribution in [1.29, 1.82) is 0 Å². The lowest BCUT2D eigenvalue weighted by Gasteiger charge is -2.17. The average molecular weight is 238 g/mol. The van der Waals surface area contributed by atoms with Crippen LogP contribution in [-0.4, -0.2) is 53.2 Å². The number of methoxy groups -OCH3 is 1. The molecule has 0 unspecified atom stereocenters. The summed E-state index contributed by atoms with van der Waals surface area (Å²) in [4.78, 5) is 17.6. The van der Waals surface area contributed by atoms with Crippen LogP contribution in [0, 0.1) is 0 Å². The summed E-state index contributed by atoms with van der Waals surface area (Å²) in [7, 11) is 1.67. The van der Waals surface area contributed by atoms with Gasteiger partial charge in [0.2, 0.25) is 5.91 Å². The molecule has 1 saturated heterocycles. The molecule has 2 heterocycles. The topological polar surface area (TPSA) is 73.4 Å². The van der Waals surface area contributed by atoms with Crippen LogP contribution in [-0.2, 0) is 9.53 Å². The minimum atomic E-state index is 0.0194. The summed E-state index contributed by atoms with van der Waals surface area (Å²) < 4.78 is 7.42. The number of amides is 1. The summed E-state index contributed by atoms with van der Waals surface area (Å²) in [6.07, 6.45) is 5.80. The van der Waals surface area contributed by atoms with Crippen LogP contribution in [0.4, 0.5) is 0 Å². The van der Waals surface area contributed by atoms with Gasteiger partial charge in [0.15, 0.2) is 0 Å². The molecular weight excluding hydrogens is 220 g/mol. The number of hydrogen-bond donors (Lipinski definition) is 1. The fourth-order valence-corrected chi connectivity index (χ4v) is 2.23. The van der Waals surface area contributed by atoms with E-state index >= 15 is 0 Å². The molecular formula is C11H18N4O2. The molecule has 1 amide bonds. The quantitative estimate of drug-likeness (QED) is 0.776. The zero-order valence-electron chi connectivity index (χ0n) is 9.95. The van der Waals surface area contributed by atoms with E-state index in [9.17, 15) is 4.79 Å². The van der Waals surface area contributed by atoms with Gasteiger partial charge in [-0.1, -0.05) is 0 Å². The standard InChI is InChI=1S/C11H18N4O2/c1-17-10-7-15(11(16)2-3-12)6-9(10)14-5-4-13-8-14/h4-5,8-10H,2-3,6-7,12H2,1H3/t9-,10+/m0/s1. The van der Waals surface area contributed by atoms with E-state index in [-0.39, 0.29) is 18.1 Å². The van der Waals surface area contributed by atoms with Crippen molar-refractivity contribution in [2.45, 2.75) is 18.6 Å². The number of aromatic nitrogens is 2. The molecule has 0 aliphatic carbocycles. The van der Waals surface area contributed by atoms with E-state index in [0.717, 1.165) is 0 Å². The number of nitrogens with two attached hydrogens (primary N) is 1. The molecule has 1 aromatic rings. The Hall–Kier alpha value is -1.40. The molecule has 6 nitrogen and oxygen atoms in total. The molecule has 1 aliphatic rings. The number of nitrogens with zero attached hydrogens (tertiary/aromatic N) is 3. The van der Waals surface area contributed by atoms with Crippen molar-refractivity contribution in [1.82, 2.24) is 14.5 Å². The van der Waals surface area contributed by atoms with Gasteiger partial charge in [0.25, 0.3) is 0 Å². The highest BCUT2D eigenvalue weighted by Gasteiger charge is 2.35. The lowest BCUT2D eigenvalue weighted by atomic mass is 10.2. The van der Waals surface area contributed by atoms with Gasteiger partial charge < -0.3 is 19.9 Å². The summed E-state index contributed by atoms with van der Waals surface area (Å²) in [6.45, 7) is 1.68. The second-order valence-electron chi connectivity index (χ2n) is 4.19. The zero-order chi connectivity index (χ0) is 12.3. The number of carbonyl (C=O) groups is 1. The Balaban J connectivity index is 2.06. The molecule has 0 aromatic carbocycles. The van der Waals surface area contributed by atoms with E-state index in [0.29, 0.717) is 26.1 Å². The summed E-state index contributed by atoms with van der Waals surface area (Å²) in [5.41, 5.74) is 5.40. The Bertz CT molecular complexity index is 366. The van der Waals surface area contributed by atoms with E-state index in [4.69, 9.17) is 10.5 Å². The van der Waals surface area contributed by atoms with Crippen molar-refractivity contribution in [3.63, 3.8) is 0 Å². The zero-order valence-corrected chi connectivity index (χ0v) is 9.95. The minimum Gasteiger partial charge on any atom is -0.377 e. The van der Waals surface area contributed by atoms with Gasteiger partial charge in [-0.05, 0) is 0 Å². The van der Waals surface area contributed by atoms with Crippen molar-refractivity contribution in [3.05, 3.63) is 18.7 Å². The Kier molecular flexibility index (Phi) is 3.75. The number of imidazole rings is 1. The molecule has 2 rings (SSSR count). The number of hydrogen-bond acceptors (Lipinski definition) is 4. The first kappa shape index (κ1) is 12.1. The molecule has 1 aliphatic heterocycles. The van der Waals surface area contributed by atoms with Gasteiger partial charge >= 0.3 is 0 Å². The third-order valence-electron chi connectivity index (χ3n) is 3.16. The van der Waals surface area contributed by atoms with Crippen LogP contribution in [0.1, 0.15) is 12.5 Å².